The van der Waals surface area contributed by atoms with Gasteiger partial charge in [-0.2, -0.15) is 5.10 Å². The Morgan fingerprint density at radius 2 is 1.39 bits per heavy atom. The molecule has 0 spiro atoms. The number of nitrogens with zero attached hydrogens (tertiary/aromatic N) is 4. The molecular formula is C41H31BrN6O. The Hall–Kier alpha value is -5.86. The molecule has 0 aliphatic carbocycles. The normalized spacial score (nSPS) is 12.3. The number of benzene rings is 5. The Morgan fingerprint density at radius 1 is 0.776 bits per heavy atom. The minimum Gasteiger partial charge on any atom is -0.343 e. The Morgan fingerprint density at radius 3 is 1.98 bits per heavy atom. The first-order chi connectivity index (χ1) is 24.0. The summed E-state index contributed by atoms with van der Waals surface area (Å²) in [6.45, 7) is 1.96. The van der Waals surface area contributed by atoms with Crippen LogP contribution >= 0.6 is 15.9 Å². The summed E-state index contributed by atoms with van der Waals surface area (Å²) in [7, 11) is 0. The number of amides is 1. The maximum atomic E-state index is 13.5. The summed E-state index contributed by atoms with van der Waals surface area (Å²) in [6, 6.07) is 47.2. The van der Waals surface area contributed by atoms with Gasteiger partial charge >= 0.3 is 0 Å². The van der Waals surface area contributed by atoms with Crippen molar-refractivity contribution in [2.75, 3.05) is 0 Å². The SMILES string of the molecule is CC(NC(=O)c1nc2cc3c(-c4ccncc4)nn(C(c4ccccc4)(c4ccccc4)c4ccccc4)c3cc2[nH]1)c1cccc(Br)c1. The predicted octanol–water partition coefficient (Wildman–Crippen LogP) is 9.07. The lowest BCUT2D eigenvalue weighted by Gasteiger charge is -2.37. The molecule has 49 heavy (non-hydrogen) atoms. The van der Waals surface area contributed by atoms with Crippen LogP contribution < -0.4 is 5.32 Å². The standard InChI is InChI=1S/C41H31BrN6O/c1-27(29-12-11-19-33(42)24-29)44-40(49)39-45-35-25-34-37(26-36(35)46-39)48(47-38(34)28-20-22-43-23-21-28)41(30-13-5-2-6-14-30,31-15-7-3-8-16-31)32-17-9-4-10-18-32/h2-27H,1H3,(H,44,49)(H,45,46). The highest BCUT2D eigenvalue weighted by molar-refractivity contribution is 9.10. The summed E-state index contributed by atoms with van der Waals surface area (Å²) in [5.74, 6) is -0.0363. The monoisotopic (exact) mass is 702 g/mol. The molecular weight excluding hydrogens is 672 g/mol. The quantitative estimate of drug-likeness (QED) is 0.155. The van der Waals surface area contributed by atoms with E-state index in [1.807, 2.05) is 67.6 Å². The first-order valence-electron chi connectivity index (χ1n) is 16.1. The van der Waals surface area contributed by atoms with Gasteiger partial charge in [-0.3, -0.25) is 9.78 Å². The molecule has 8 rings (SSSR count). The Labute approximate surface area is 291 Å². The molecule has 238 valence electrons. The smallest absolute Gasteiger partial charge is 0.287 e. The highest BCUT2D eigenvalue weighted by atomic mass is 79.9. The van der Waals surface area contributed by atoms with E-state index in [4.69, 9.17) is 10.1 Å². The maximum Gasteiger partial charge on any atom is 0.287 e. The van der Waals surface area contributed by atoms with Gasteiger partial charge in [0, 0.05) is 27.8 Å². The second kappa shape index (κ2) is 12.6. The van der Waals surface area contributed by atoms with E-state index in [-0.39, 0.29) is 17.8 Å². The van der Waals surface area contributed by atoms with Gasteiger partial charge in [0.05, 0.1) is 22.6 Å². The highest BCUT2D eigenvalue weighted by Crippen LogP contribution is 2.44. The number of fused-ring (bicyclic) bond motifs is 2. The van der Waals surface area contributed by atoms with Crippen molar-refractivity contribution in [2.24, 2.45) is 0 Å². The van der Waals surface area contributed by atoms with E-state index in [1.165, 1.54) is 0 Å². The van der Waals surface area contributed by atoms with Gasteiger partial charge in [0.25, 0.3) is 5.91 Å². The van der Waals surface area contributed by atoms with Gasteiger partial charge in [0.1, 0.15) is 11.2 Å². The predicted molar refractivity (Wildman–Crippen MR) is 197 cm³/mol. The zero-order chi connectivity index (χ0) is 33.4. The second-order valence-corrected chi connectivity index (χ2v) is 12.9. The summed E-state index contributed by atoms with van der Waals surface area (Å²) >= 11 is 3.53. The number of imidazole rings is 1. The third-order valence-electron chi connectivity index (χ3n) is 9.04. The fourth-order valence-corrected chi connectivity index (χ4v) is 7.15. The topological polar surface area (TPSA) is 88.5 Å². The largest absolute Gasteiger partial charge is 0.343 e. The van der Waals surface area contributed by atoms with Gasteiger partial charge in [0.15, 0.2) is 5.82 Å². The van der Waals surface area contributed by atoms with Crippen molar-refractivity contribution in [1.82, 2.24) is 30.0 Å². The average Bonchev–Trinajstić information content (AvgIpc) is 3.74. The zero-order valence-corrected chi connectivity index (χ0v) is 28.2. The molecule has 0 saturated carbocycles. The van der Waals surface area contributed by atoms with E-state index in [2.05, 4.69) is 115 Å². The van der Waals surface area contributed by atoms with Crippen LogP contribution in [0, 0.1) is 0 Å². The van der Waals surface area contributed by atoms with Crippen LogP contribution in [0.15, 0.2) is 156 Å². The van der Waals surface area contributed by atoms with Crippen LogP contribution in [0.5, 0.6) is 0 Å². The number of halogens is 1. The zero-order valence-electron chi connectivity index (χ0n) is 26.6. The number of carbonyl (C=O) groups excluding carboxylic acids is 1. The van der Waals surface area contributed by atoms with Gasteiger partial charge in [-0.1, -0.05) is 119 Å². The van der Waals surface area contributed by atoms with Crippen molar-refractivity contribution in [3.05, 3.63) is 184 Å². The lowest BCUT2D eigenvalue weighted by molar-refractivity contribution is 0.0930. The van der Waals surface area contributed by atoms with Crippen LogP contribution in [0.1, 0.15) is 45.8 Å². The molecule has 0 aliphatic rings. The molecule has 3 aromatic heterocycles. The van der Waals surface area contributed by atoms with Crippen LogP contribution in [0.25, 0.3) is 33.2 Å². The fraction of sp³-hybridized carbons (Fsp3) is 0.0732. The van der Waals surface area contributed by atoms with Crippen molar-refractivity contribution in [1.29, 1.82) is 0 Å². The lowest BCUT2D eigenvalue weighted by atomic mass is 9.77. The van der Waals surface area contributed by atoms with Crippen molar-refractivity contribution >= 4 is 43.8 Å². The molecule has 1 amide bonds. The Balaban J connectivity index is 1.37. The average molecular weight is 704 g/mol. The molecule has 7 nitrogen and oxygen atoms in total. The summed E-state index contributed by atoms with van der Waals surface area (Å²) in [5, 5.41) is 9.47. The number of rotatable bonds is 8. The minimum absolute atomic E-state index is 0.215. The van der Waals surface area contributed by atoms with Crippen molar-refractivity contribution in [3.63, 3.8) is 0 Å². The molecule has 3 heterocycles. The number of hydrogen-bond donors (Lipinski definition) is 2. The molecule has 0 bridgehead atoms. The van der Waals surface area contributed by atoms with E-state index in [9.17, 15) is 4.79 Å². The third kappa shape index (κ3) is 5.40. The molecule has 0 radical (unpaired) electrons. The molecule has 8 heteroatoms. The molecule has 8 aromatic rings. The number of aromatic nitrogens is 5. The van der Waals surface area contributed by atoms with Gasteiger partial charge in [-0.25, -0.2) is 9.67 Å². The third-order valence-corrected chi connectivity index (χ3v) is 9.53. The van der Waals surface area contributed by atoms with Crippen LogP contribution in [0.3, 0.4) is 0 Å². The van der Waals surface area contributed by atoms with E-state index in [1.54, 1.807) is 12.4 Å². The molecule has 0 saturated heterocycles. The van der Waals surface area contributed by atoms with E-state index >= 15 is 0 Å². The Kier molecular flexibility index (Phi) is 7.86. The molecule has 1 atom stereocenters. The summed E-state index contributed by atoms with van der Waals surface area (Å²) in [4.78, 5) is 25.9. The van der Waals surface area contributed by atoms with E-state index in [0.29, 0.717) is 5.52 Å². The van der Waals surface area contributed by atoms with Crippen molar-refractivity contribution in [2.45, 2.75) is 18.5 Å². The number of nitrogens with one attached hydrogen (secondary N) is 2. The van der Waals surface area contributed by atoms with Crippen LogP contribution in [-0.4, -0.2) is 30.6 Å². The molecule has 0 aliphatic heterocycles. The lowest BCUT2D eigenvalue weighted by Crippen LogP contribution is -2.38. The summed E-state index contributed by atoms with van der Waals surface area (Å²) in [5.41, 5.74) is 7.34. The minimum atomic E-state index is -0.847. The fourth-order valence-electron chi connectivity index (χ4n) is 6.73. The van der Waals surface area contributed by atoms with Crippen molar-refractivity contribution in [3.8, 4) is 11.3 Å². The molecule has 0 fully saturated rings. The molecule has 2 N–H and O–H groups in total. The van der Waals surface area contributed by atoms with Crippen LogP contribution in [-0.2, 0) is 5.54 Å². The maximum absolute atomic E-state index is 13.5. The van der Waals surface area contributed by atoms with Crippen molar-refractivity contribution < 1.29 is 4.79 Å². The van der Waals surface area contributed by atoms with Crippen LogP contribution in [0.4, 0.5) is 0 Å². The number of aromatic amines is 1. The second-order valence-electron chi connectivity index (χ2n) is 12.0. The van der Waals surface area contributed by atoms with Gasteiger partial charge < -0.3 is 10.3 Å². The van der Waals surface area contributed by atoms with Crippen LogP contribution in [0.2, 0.25) is 0 Å². The summed E-state index contributed by atoms with van der Waals surface area (Å²) in [6.07, 6.45) is 3.56. The molecule has 1 unspecified atom stereocenters. The number of hydrogen-bond acceptors (Lipinski definition) is 4. The number of H-pyrrole nitrogens is 1. The summed E-state index contributed by atoms with van der Waals surface area (Å²) < 4.78 is 3.09. The first-order valence-corrected chi connectivity index (χ1v) is 16.9. The van der Waals surface area contributed by atoms with Gasteiger partial charge in [0.2, 0.25) is 0 Å². The first kappa shape index (κ1) is 30.5. The number of pyridine rings is 1. The van der Waals surface area contributed by atoms with E-state index < -0.39 is 5.54 Å². The Bertz CT molecular complexity index is 2310. The van der Waals surface area contributed by atoms with Gasteiger partial charge in [-0.15, -0.1) is 0 Å². The highest BCUT2D eigenvalue weighted by Gasteiger charge is 2.41. The number of carbonyl (C=O) groups is 1. The van der Waals surface area contributed by atoms with Gasteiger partial charge in [-0.05, 0) is 65.6 Å². The van der Waals surface area contributed by atoms with E-state index in [0.717, 1.165) is 54.4 Å². The molecule has 5 aromatic carbocycles.